The van der Waals surface area contributed by atoms with E-state index < -0.39 is 0 Å². The standard InChI is InChI=1S/C12H24N2O/c1-7-9-11(13(3)4)15-12(10-8-2)14(5)6/h9-10H,7-8H2,1-6H3/b11-9-,12-10-. The van der Waals surface area contributed by atoms with Crippen LogP contribution >= 0.6 is 0 Å². The van der Waals surface area contributed by atoms with Gasteiger partial charge in [0, 0.05) is 28.2 Å². The second kappa shape index (κ2) is 7.21. The Morgan fingerprint density at radius 1 is 0.867 bits per heavy atom. The molecule has 0 aliphatic heterocycles. The summed E-state index contributed by atoms with van der Waals surface area (Å²) in [5.41, 5.74) is 0. The molecule has 0 radical (unpaired) electrons. The third-order valence-electron chi connectivity index (χ3n) is 1.85. The van der Waals surface area contributed by atoms with Crippen molar-refractivity contribution in [3.05, 3.63) is 23.9 Å². The summed E-state index contributed by atoms with van der Waals surface area (Å²) in [6.45, 7) is 4.21. The number of allylic oxidation sites excluding steroid dienone is 2. The van der Waals surface area contributed by atoms with Crippen LogP contribution in [0.25, 0.3) is 0 Å². The Morgan fingerprint density at radius 2 is 1.20 bits per heavy atom. The van der Waals surface area contributed by atoms with Crippen molar-refractivity contribution in [3.8, 4) is 0 Å². The highest BCUT2D eigenvalue weighted by atomic mass is 16.5. The molecule has 0 saturated carbocycles. The maximum Gasteiger partial charge on any atom is 0.193 e. The van der Waals surface area contributed by atoms with Gasteiger partial charge in [-0.1, -0.05) is 13.8 Å². The van der Waals surface area contributed by atoms with Crippen molar-refractivity contribution in [1.29, 1.82) is 0 Å². The van der Waals surface area contributed by atoms with Gasteiger partial charge in [0.25, 0.3) is 0 Å². The summed E-state index contributed by atoms with van der Waals surface area (Å²) in [6, 6.07) is 0. The second-order valence-corrected chi connectivity index (χ2v) is 3.79. The van der Waals surface area contributed by atoms with E-state index in [2.05, 4.69) is 26.0 Å². The predicted molar refractivity (Wildman–Crippen MR) is 65.2 cm³/mol. The molecule has 0 heterocycles. The Balaban J connectivity index is 4.63. The summed E-state index contributed by atoms with van der Waals surface area (Å²) in [6.07, 6.45) is 6.10. The lowest BCUT2D eigenvalue weighted by molar-refractivity contribution is 0.143. The molecule has 0 rings (SSSR count). The molecule has 0 N–H and O–H groups in total. The van der Waals surface area contributed by atoms with Crippen molar-refractivity contribution in [2.75, 3.05) is 28.2 Å². The van der Waals surface area contributed by atoms with Gasteiger partial charge in [0.15, 0.2) is 11.8 Å². The average molecular weight is 212 g/mol. The Hall–Kier alpha value is -1.12. The first kappa shape index (κ1) is 13.9. The highest BCUT2D eigenvalue weighted by Crippen LogP contribution is 2.12. The molecule has 0 aromatic rings. The first-order chi connectivity index (χ1) is 7.02. The zero-order valence-electron chi connectivity index (χ0n) is 10.9. The van der Waals surface area contributed by atoms with Crippen LogP contribution in [0, 0.1) is 0 Å². The van der Waals surface area contributed by atoms with Crippen LogP contribution in [0.2, 0.25) is 0 Å². The van der Waals surface area contributed by atoms with Crippen molar-refractivity contribution in [2.45, 2.75) is 26.7 Å². The fourth-order valence-electron chi connectivity index (χ4n) is 1.09. The van der Waals surface area contributed by atoms with Crippen molar-refractivity contribution < 1.29 is 4.74 Å². The smallest absolute Gasteiger partial charge is 0.193 e. The number of hydrogen-bond acceptors (Lipinski definition) is 3. The maximum atomic E-state index is 5.83. The van der Waals surface area contributed by atoms with E-state index in [4.69, 9.17) is 4.74 Å². The van der Waals surface area contributed by atoms with E-state index in [-0.39, 0.29) is 0 Å². The van der Waals surface area contributed by atoms with Crippen molar-refractivity contribution in [1.82, 2.24) is 9.80 Å². The van der Waals surface area contributed by atoms with Crippen LogP contribution in [-0.4, -0.2) is 38.0 Å². The Morgan fingerprint density at radius 3 is 1.40 bits per heavy atom. The van der Waals surface area contributed by atoms with Gasteiger partial charge in [0.05, 0.1) is 0 Å². The van der Waals surface area contributed by atoms with Crippen LogP contribution in [0.3, 0.4) is 0 Å². The lowest BCUT2D eigenvalue weighted by atomic mass is 10.4. The molecule has 0 aliphatic rings. The van der Waals surface area contributed by atoms with Gasteiger partial charge in [-0.15, -0.1) is 0 Å². The molecule has 0 spiro atoms. The molecule has 0 aliphatic carbocycles. The largest absolute Gasteiger partial charge is 0.426 e. The summed E-state index contributed by atoms with van der Waals surface area (Å²) in [4.78, 5) is 3.97. The Labute approximate surface area is 94.0 Å². The zero-order valence-corrected chi connectivity index (χ0v) is 10.9. The van der Waals surface area contributed by atoms with Crippen LogP contribution in [0.4, 0.5) is 0 Å². The number of rotatable bonds is 6. The lowest BCUT2D eigenvalue weighted by Crippen LogP contribution is -2.20. The fourth-order valence-corrected chi connectivity index (χ4v) is 1.09. The highest BCUT2D eigenvalue weighted by molar-refractivity contribution is 4.99. The van der Waals surface area contributed by atoms with Crippen molar-refractivity contribution >= 4 is 0 Å². The molecule has 0 unspecified atom stereocenters. The summed E-state index contributed by atoms with van der Waals surface area (Å²) in [5, 5.41) is 0. The molecule has 0 atom stereocenters. The molecule has 0 saturated heterocycles. The molecule has 0 amide bonds. The minimum absolute atomic E-state index is 0.894. The molecule has 0 aromatic heterocycles. The van der Waals surface area contributed by atoms with E-state index in [0.29, 0.717) is 0 Å². The van der Waals surface area contributed by atoms with Gasteiger partial charge in [0.2, 0.25) is 0 Å². The monoisotopic (exact) mass is 212 g/mol. The SMILES string of the molecule is CC/C=C(\O/C(=C\CC)N(C)C)N(C)C. The molecule has 0 bridgehead atoms. The molecule has 88 valence electrons. The summed E-state index contributed by atoms with van der Waals surface area (Å²) < 4.78 is 5.83. The summed E-state index contributed by atoms with van der Waals surface area (Å²) >= 11 is 0. The molecule has 15 heavy (non-hydrogen) atoms. The van der Waals surface area contributed by atoms with Crippen LogP contribution < -0.4 is 0 Å². The maximum absolute atomic E-state index is 5.83. The minimum Gasteiger partial charge on any atom is -0.426 e. The van der Waals surface area contributed by atoms with Crippen molar-refractivity contribution in [3.63, 3.8) is 0 Å². The lowest BCUT2D eigenvalue weighted by Gasteiger charge is -2.23. The predicted octanol–water partition coefficient (Wildman–Crippen LogP) is 2.63. The van der Waals surface area contributed by atoms with E-state index in [9.17, 15) is 0 Å². The van der Waals surface area contributed by atoms with E-state index in [1.165, 1.54) is 0 Å². The quantitative estimate of drug-likeness (QED) is 0.629. The molecular formula is C12H24N2O. The fraction of sp³-hybridized carbons (Fsp3) is 0.667. The van der Waals surface area contributed by atoms with Gasteiger partial charge < -0.3 is 14.5 Å². The average Bonchev–Trinajstić information content (AvgIpc) is 2.15. The third-order valence-corrected chi connectivity index (χ3v) is 1.85. The normalized spacial score (nSPS) is 12.7. The first-order valence-electron chi connectivity index (χ1n) is 5.45. The van der Waals surface area contributed by atoms with Gasteiger partial charge in [-0.25, -0.2) is 0 Å². The first-order valence-corrected chi connectivity index (χ1v) is 5.45. The topological polar surface area (TPSA) is 15.7 Å². The number of hydrogen-bond donors (Lipinski definition) is 0. The number of ether oxygens (including phenoxy) is 1. The molecule has 0 fully saturated rings. The third kappa shape index (κ3) is 5.35. The molecule has 3 heteroatoms. The van der Waals surface area contributed by atoms with Crippen LogP contribution in [0.1, 0.15) is 26.7 Å². The summed E-state index contributed by atoms with van der Waals surface area (Å²) in [7, 11) is 7.95. The van der Waals surface area contributed by atoms with Crippen LogP contribution in [0.15, 0.2) is 23.9 Å². The Kier molecular flexibility index (Phi) is 6.67. The van der Waals surface area contributed by atoms with Gasteiger partial charge in [-0.2, -0.15) is 0 Å². The van der Waals surface area contributed by atoms with E-state index in [0.717, 1.165) is 24.6 Å². The highest BCUT2D eigenvalue weighted by Gasteiger charge is 2.06. The van der Waals surface area contributed by atoms with Gasteiger partial charge in [0.1, 0.15) is 0 Å². The van der Waals surface area contributed by atoms with Crippen molar-refractivity contribution in [2.24, 2.45) is 0 Å². The zero-order chi connectivity index (χ0) is 11.8. The van der Waals surface area contributed by atoms with Crippen LogP contribution in [-0.2, 0) is 4.74 Å². The molecule has 3 nitrogen and oxygen atoms in total. The van der Waals surface area contributed by atoms with E-state index >= 15 is 0 Å². The van der Waals surface area contributed by atoms with E-state index in [1.807, 2.05) is 38.0 Å². The van der Waals surface area contributed by atoms with Gasteiger partial charge in [-0.05, 0) is 25.0 Å². The number of nitrogens with zero attached hydrogens (tertiary/aromatic N) is 2. The summed E-state index contributed by atoms with van der Waals surface area (Å²) in [5.74, 6) is 1.79. The van der Waals surface area contributed by atoms with Gasteiger partial charge >= 0.3 is 0 Å². The molecule has 0 aromatic carbocycles. The Bertz CT molecular complexity index is 206. The van der Waals surface area contributed by atoms with E-state index in [1.54, 1.807) is 0 Å². The van der Waals surface area contributed by atoms with Gasteiger partial charge in [-0.3, -0.25) is 0 Å². The minimum atomic E-state index is 0.894. The second-order valence-electron chi connectivity index (χ2n) is 3.79. The molecular weight excluding hydrogens is 188 g/mol. The van der Waals surface area contributed by atoms with Crippen LogP contribution in [0.5, 0.6) is 0 Å².